The van der Waals surface area contributed by atoms with E-state index in [9.17, 15) is 0 Å². The van der Waals surface area contributed by atoms with Gasteiger partial charge in [0.1, 0.15) is 4.99 Å². The molecule has 0 aliphatic rings. The fourth-order valence-electron chi connectivity index (χ4n) is 2.32. The number of thiocarbonyl (C=S) groups is 1. The van der Waals surface area contributed by atoms with E-state index in [0.29, 0.717) is 4.99 Å². The molecule has 3 heteroatoms. The Bertz CT molecular complexity index is 414. The van der Waals surface area contributed by atoms with Gasteiger partial charge in [0, 0.05) is 16.8 Å². The third-order valence-electron chi connectivity index (χ3n) is 3.96. The van der Waals surface area contributed by atoms with Gasteiger partial charge in [-0.15, -0.1) is 0 Å². The normalized spacial score (nSPS) is 11.3. The number of rotatable bonds is 6. The summed E-state index contributed by atoms with van der Waals surface area (Å²) in [6.45, 7) is 8.76. The van der Waals surface area contributed by atoms with Crippen LogP contribution in [0.2, 0.25) is 0 Å². The molecule has 0 bridgehead atoms. The lowest BCUT2D eigenvalue weighted by Crippen LogP contribution is -2.37. The van der Waals surface area contributed by atoms with E-state index in [-0.39, 0.29) is 5.54 Å². The van der Waals surface area contributed by atoms with E-state index < -0.39 is 0 Å². The number of nitrogens with two attached hydrogens (primary N) is 1. The highest BCUT2D eigenvalue weighted by molar-refractivity contribution is 7.80. The fraction of sp³-hybridized carbons (Fsp3) is 0.533. The van der Waals surface area contributed by atoms with Gasteiger partial charge in [-0.05, 0) is 37.8 Å². The number of nitrogens with one attached hydrogen (secondary N) is 1. The Kier molecular flexibility index (Phi) is 5.15. The van der Waals surface area contributed by atoms with Crippen LogP contribution in [-0.2, 0) is 0 Å². The Labute approximate surface area is 116 Å². The Morgan fingerprint density at radius 2 is 1.78 bits per heavy atom. The van der Waals surface area contributed by atoms with E-state index in [1.54, 1.807) is 0 Å². The molecule has 0 spiro atoms. The second-order valence-electron chi connectivity index (χ2n) is 4.83. The molecule has 0 aliphatic carbocycles. The highest BCUT2D eigenvalue weighted by atomic mass is 32.1. The van der Waals surface area contributed by atoms with E-state index in [2.05, 4.69) is 39.1 Å². The van der Waals surface area contributed by atoms with Gasteiger partial charge in [0.2, 0.25) is 0 Å². The molecule has 18 heavy (non-hydrogen) atoms. The molecule has 0 radical (unpaired) electrons. The van der Waals surface area contributed by atoms with Crippen LogP contribution >= 0.6 is 12.2 Å². The van der Waals surface area contributed by atoms with Crippen molar-refractivity contribution < 1.29 is 0 Å². The van der Waals surface area contributed by atoms with Crippen LogP contribution in [0.4, 0.5) is 5.69 Å². The number of hydrogen-bond donors (Lipinski definition) is 2. The lowest BCUT2D eigenvalue weighted by atomic mass is 9.88. The Balaban J connectivity index is 3.20. The van der Waals surface area contributed by atoms with Crippen LogP contribution in [0.25, 0.3) is 0 Å². The second-order valence-corrected chi connectivity index (χ2v) is 5.27. The zero-order valence-electron chi connectivity index (χ0n) is 11.8. The molecule has 1 rings (SSSR count). The topological polar surface area (TPSA) is 38.0 Å². The number of anilines is 1. The molecule has 1 aromatic rings. The predicted molar refractivity (Wildman–Crippen MR) is 84.3 cm³/mol. The Morgan fingerprint density at radius 1 is 1.22 bits per heavy atom. The van der Waals surface area contributed by atoms with Crippen LogP contribution in [0, 0.1) is 6.92 Å². The molecule has 0 fully saturated rings. The van der Waals surface area contributed by atoms with Gasteiger partial charge >= 0.3 is 0 Å². The maximum atomic E-state index is 5.82. The van der Waals surface area contributed by atoms with Crippen molar-refractivity contribution in [2.24, 2.45) is 5.73 Å². The number of hydrogen-bond acceptors (Lipinski definition) is 2. The first-order valence-electron chi connectivity index (χ1n) is 6.67. The van der Waals surface area contributed by atoms with Crippen molar-refractivity contribution in [3.8, 4) is 0 Å². The van der Waals surface area contributed by atoms with Gasteiger partial charge in [0.15, 0.2) is 0 Å². The molecule has 0 aromatic heterocycles. The van der Waals surface area contributed by atoms with Gasteiger partial charge in [-0.1, -0.05) is 45.1 Å². The van der Waals surface area contributed by atoms with Crippen LogP contribution in [0.5, 0.6) is 0 Å². The third-order valence-corrected chi connectivity index (χ3v) is 4.18. The van der Waals surface area contributed by atoms with Crippen molar-refractivity contribution in [3.63, 3.8) is 0 Å². The second kappa shape index (κ2) is 6.19. The highest BCUT2D eigenvalue weighted by Gasteiger charge is 2.25. The molecule has 1 aromatic carbocycles. The van der Waals surface area contributed by atoms with Gasteiger partial charge in [-0.2, -0.15) is 0 Å². The molecule has 0 unspecified atom stereocenters. The third kappa shape index (κ3) is 3.02. The summed E-state index contributed by atoms with van der Waals surface area (Å²) in [5.41, 5.74) is 9.19. The lowest BCUT2D eigenvalue weighted by molar-refractivity contribution is 0.420. The first-order chi connectivity index (χ1) is 8.49. The van der Waals surface area contributed by atoms with Crippen molar-refractivity contribution in [1.82, 2.24) is 0 Å². The van der Waals surface area contributed by atoms with Crippen molar-refractivity contribution in [2.45, 2.75) is 52.5 Å². The maximum absolute atomic E-state index is 5.82. The molecule has 0 aliphatic heterocycles. The van der Waals surface area contributed by atoms with Crippen LogP contribution in [0.1, 0.15) is 51.2 Å². The summed E-state index contributed by atoms with van der Waals surface area (Å²) >= 11 is 5.14. The van der Waals surface area contributed by atoms with Crippen LogP contribution in [-0.4, -0.2) is 10.5 Å². The summed E-state index contributed by atoms with van der Waals surface area (Å²) < 4.78 is 0. The van der Waals surface area contributed by atoms with Gasteiger partial charge < -0.3 is 11.1 Å². The van der Waals surface area contributed by atoms with Crippen molar-refractivity contribution in [2.75, 3.05) is 5.32 Å². The van der Waals surface area contributed by atoms with E-state index >= 15 is 0 Å². The van der Waals surface area contributed by atoms with Crippen molar-refractivity contribution in [1.29, 1.82) is 0 Å². The van der Waals surface area contributed by atoms with Crippen molar-refractivity contribution in [3.05, 3.63) is 29.3 Å². The minimum atomic E-state index is 0.131. The molecular weight excluding hydrogens is 240 g/mol. The monoisotopic (exact) mass is 264 g/mol. The molecule has 3 N–H and O–H groups in total. The van der Waals surface area contributed by atoms with Crippen molar-refractivity contribution >= 4 is 22.9 Å². The zero-order chi connectivity index (χ0) is 13.8. The predicted octanol–water partition coefficient (Wildman–Crippen LogP) is 4.01. The standard InChI is InChI=1S/C15H24N2S/c1-5-15(6-2,7-3)17-13-11(4)9-8-10-12(13)14(16)18/h8-10,17H,5-7H2,1-4H3,(H2,16,18). The maximum Gasteiger partial charge on any atom is 0.106 e. The first-order valence-corrected chi connectivity index (χ1v) is 7.08. The number of benzene rings is 1. The average Bonchev–Trinajstić information content (AvgIpc) is 2.37. The van der Waals surface area contributed by atoms with Crippen LogP contribution in [0.3, 0.4) is 0 Å². The molecule has 0 saturated carbocycles. The Hall–Kier alpha value is -1.09. The quantitative estimate of drug-likeness (QED) is 0.762. The van der Waals surface area contributed by atoms with E-state index in [1.165, 1.54) is 5.56 Å². The molecule has 0 saturated heterocycles. The molecule has 2 nitrogen and oxygen atoms in total. The summed E-state index contributed by atoms with van der Waals surface area (Å²) in [4.78, 5) is 0.457. The SMILES string of the molecule is CCC(CC)(CC)Nc1c(C)cccc1C(N)=S. The molecular formula is C15H24N2S. The summed E-state index contributed by atoms with van der Waals surface area (Å²) in [6, 6.07) is 6.08. The first kappa shape index (κ1) is 15.0. The molecule has 0 heterocycles. The largest absolute Gasteiger partial charge is 0.389 e. The summed E-state index contributed by atoms with van der Waals surface area (Å²) in [5, 5.41) is 3.69. The fourth-order valence-corrected chi connectivity index (χ4v) is 2.49. The van der Waals surface area contributed by atoms with Gasteiger partial charge in [0.25, 0.3) is 0 Å². The van der Waals surface area contributed by atoms with Gasteiger partial charge in [-0.3, -0.25) is 0 Å². The number of aryl methyl sites for hydroxylation is 1. The Morgan fingerprint density at radius 3 is 2.22 bits per heavy atom. The van der Waals surface area contributed by atoms with Gasteiger partial charge in [-0.25, -0.2) is 0 Å². The van der Waals surface area contributed by atoms with E-state index in [0.717, 1.165) is 30.5 Å². The van der Waals surface area contributed by atoms with Crippen LogP contribution < -0.4 is 11.1 Å². The number of para-hydroxylation sites is 1. The smallest absolute Gasteiger partial charge is 0.106 e. The zero-order valence-corrected chi connectivity index (χ0v) is 12.7. The minimum absolute atomic E-state index is 0.131. The minimum Gasteiger partial charge on any atom is -0.389 e. The van der Waals surface area contributed by atoms with Crippen LogP contribution in [0.15, 0.2) is 18.2 Å². The molecule has 0 atom stereocenters. The lowest BCUT2D eigenvalue weighted by Gasteiger charge is -2.34. The molecule has 100 valence electrons. The summed E-state index contributed by atoms with van der Waals surface area (Å²) in [7, 11) is 0. The van der Waals surface area contributed by atoms with E-state index in [4.69, 9.17) is 18.0 Å². The van der Waals surface area contributed by atoms with Gasteiger partial charge in [0.05, 0.1) is 0 Å². The van der Waals surface area contributed by atoms with E-state index in [1.807, 2.05) is 12.1 Å². The summed E-state index contributed by atoms with van der Waals surface area (Å²) in [5.74, 6) is 0. The highest BCUT2D eigenvalue weighted by Crippen LogP contribution is 2.30. The summed E-state index contributed by atoms with van der Waals surface area (Å²) in [6.07, 6.45) is 3.27. The molecule has 0 amide bonds. The average molecular weight is 264 g/mol.